The molecule has 2 aromatic rings. The molecule has 0 spiro atoms. The number of nitrogen functional groups attached to an aromatic ring is 1. The minimum atomic E-state index is -0.379. The van der Waals surface area contributed by atoms with Crippen LogP contribution in [-0.4, -0.2) is 5.91 Å². The smallest absolute Gasteiger partial charge is 0.257 e. The average Bonchev–Trinajstić information content (AvgIpc) is 2.35. The van der Waals surface area contributed by atoms with Crippen LogP contribution in [0.3, 0.4) is 0 Å². The fraction of sp³-hybridized carbons (Fsp3) is 0. The van der Waals surface area contributed by atoms with Gasteiger partial charge in [0, 0.05) is 10.2 Å². The molecule has 0 atom stereocenters. The Morgan fingerprint density at radius 2 is 1.70 bits per heavy atom. The first-order valence-electron chi connectivity index (χ1n) is 5.39. The Hall–Kier alpha value is -0.940. The first-order valence-corrected chi connectivity index (χ1v) is 7.32. The highest BCUT2D eigenvalue weighted by molar-refractivity contribution is 9.10. The van der Waals surface area contributed by atoms with Gasteiger partial charge in [-0.3, -0.25) is 4.79 Å². The predicted octanol–water partition coefficient (Wildman–Crippen LogP) is 5.24. The zero-order valence-corrected chi connectivity index (χ0v) is 13.7. The number of amides is 1. The van der Waals surface area contributed by atoms with E-state index in [4.69, 9.17) is 40.5 Å². The zero-order valence-electron chi connectivity index (χ0n) is 9.88. The lowest BCUT2D eigenvalue weighted by molar-refractivity contribution is 0.102. The summed E-state index contributed by atoms with van der Waals surface area (Å²) in [5.41, 5.74) is 6.86. The second-order valence-electron chi connectivity index (χ2n) is 3.93. The van der Waals surface area contributed by atoms with Gasteiger partial charge in [-0.2, -0.15) is 0 Å². The van der Waals surface area contributed by atoms with Crippen molar-refractivity contribution < 1.29 is 4.79 Å². The first kappa shape index (κ1) is 15.4. The summed E-state index contributed by atoms with van der Waals surface area (Å²) in [6, 6.07) is 7.93. The molecular formula is C13H8BrCl3N2O. The van der Waals surface area contributed by atoms with Gasteiger partial charge in [-0.05, 0) is 30.3 Å². The molecule has 3 N–H and O–H groups in total. The van der Waals surface area contributed by atoms with Crippen molar-refractivity contribution in [2.75, 3.05) is 11.1 Å². The lowest BCUT2D eigenvalue weighted by atomic mass is 10.1. The average molecular weight is 394 g/mol. The number of anilines is 2. The zero-order chi connectivity index (χ0) is 14.9. The van der Waals surface area contributed by atoms with Crippen LogP contribution in [0, 0.1) is 0 Å². The van der Waals surface area contributed by atoms with Crippen LogP contribution in [0.4, 0.5) is 11.4 Å². The molecule has 0 aliphatic carbocycles. The lowest BCUT2D eigenvalue weighted by Gasteiger charge is -2.10. The van der Waals surface area contributed by atoms with Crippen LogP contribution >= 0.6 is 50.7 Å². The Balaban J connectivity index is 2.30. The molecule has 0 bridgehead atoms. The molecule has 0 fully saturated rings. The highest BCUT2D eigenvalue weighted by Gasteiger charge is 2.13. The number of halogens is 4. The van der Waals surface area contributed by atoms with E-state index in [1.165, 1.54) is 12.1 Å². The van der Waals surface area contributed by atoms with Crippen LogP contribution in [0.15, 0.2) is 34.8 Å². The highest BCUT2D eigenvalue weighted by atomic mass is 79.9. The van der Waals surface area contributed by atoms with E-state index in [1.54, 1.807) is 18.2 Å². The molecule has 2 rings (SSSR count). The molecule has 104 valence electrons. The third-order valence-corrected chi connectivity index (χ3v) is 4.04. The Kier molecular flexibility index (Phi) is 4.81. The van der Waals surface area contributed by atoms with E-state index in [0.717, 1.165) is 4.47 Å². The second kappa shape index (κ2) is 6.22. The maximum atomic E-state index is 12.2. The number of carbonyl (C=O) groups is 1. The van der Waals surface area contributed by atoms with Gasteiger partial charge in [0.25, 0.3) is 5.91 Å². The monoisotopic (exact) mass is 392 g/mol. The molecule has 0 unspecified atom stereocenters. The first-order chi connectivity index (χ1) is 9.38. The largest absolute Gasteiger partial charge is 0.398 e. The van der Waals surface area contributed by atoms with Crippen molar-refractivity contribution in [1.82, 2.24) is 0 Å². The van der Waals surface area contributed by atoms with Gasteiger partial charge in [-0.1, -0.05) is 50.7 Å². The number of hydrogen-bond acceptors (Lipinski definition) is 2. The fourth-order valence-electron chi connectivity index (χ4n) is 1.55. The van der Waals surface area contributed by atoms with E-state index in [0.29, 0.717) is 32.0 Å². The Labute approximate surface area is 139 Å². The summed E-state index contributed by atoms with van der Waals surface area (Å²) < 4.78 is 0.791. The molecule has 0 aliphatic heterocycles. The molecule has 3 nitrogen and oxygen atoms in total. The molecule has 20 heavy (non-hydrogen) atoms. The number of rotatable bonds is 2. The summed E-state index contributed by atoms with van der Waals surface area (Å²) in [5, 5.41) is 3.56. The van der Waals surface area contributed by atoms with E-state index >= 15 is 0 Å². The Morgan fingerprint density at radius 1 is 1.05 bits per heavy atom. The van der Waals surface area contributed by atoms with E-state index in [1.807, 2.05) is 0 Å². The molecule has 0 heterocycles. The normalized spacial score (nSPS) is 10.4. The number of benzene rings is 2. The maximum Gasteiger partial charge on any atom is 0.257 e. The third-order valence-electron chi connectivity index (χ3n) is 2.52. The van der Waals surface area contributed by atoms with Crippen molar-refractivity contribution in [3.05, 3.63) is 55.4 Å². The minimum Gasteiger partial charge on any atom is -0.398 e. The number of carbonyl (C=O) groups excluding carboxylic acids is 1. The standard InChI is InChI=1S/C13H8BrCl3N2O/c14-6-1-2-7(11(18)3-6)13(20)19-12-5-9(16)8(15)4-10(12)17/h1-5H,18H2,(H,19,20). The molecule has 0 aromatic heterocycles. The topological polar surface area (TPSA) is 55.1 Å². The minimum absolute atomic E-state index is 0.295. The van der Waals surface area contributed by atoms with Crippen molar-refractivity contribution >= 4 is 68.0 Å². The van der Waals surface area contributed by atoms with Gasteiger partial charge in [0.15, 0.2) is 0 Å². The van der Waals surface area contributed by atoms with Crippen LogP contribution in [0.5, 0.6) is 0 Å². The van der Waals surface area contributed by atoms with Crippen molar-refractivity contribution in [3.63, 3.8) is 0 Å². The van der Waals surface area contributed by atoms with Crippen LogP contribution in [-0.2, 0) is 0 Å². The van der Waals surface area contributed by atoms with E-state index in [2.05, 4.69) is 21.2 Å². The third kappa shape index (κ3) is 3.38. The van der Waals surface area contributed by atoms with Gasteiger partial charge in [-0.15, -0.1) is 0 Å². The molecule has 2 aromatic carbocycles. The predicted molar refractivity (Wildman–Crippen MR) is 88.0 cm³/mol. The van der Waals surface area contributed by atoms with E-state index in [-0.39, 0.29) is 5.91 Å². The van der Waals surface area contributed by atoms with Crippen molar-refractivity contribution in [2.24, 2.45) is 0 Å². The molecule has 0 aliphatic rings. The molecule has 7 heteroatoms. The summed E-state index contributed by atoms with van der Waals surface area (Å²) in [4.78, 5) is 12.2. The van der Waals surface area contributed by atoms with Gasteiger partial charge in [0.2, 0.25) is 0 Å². The highest BCUT2D eigenvalue weighted by Crippen LogP contribution is 2.32. The van der Waals surface area contributed by atoms with Crippen molar-refractivity contribution in [3.8, 4) is 0 Å². The summed E-state index contributed by atoms with van der Waals surface area (Å²) in [7, 11) is 0. The lowest BCUT2D eigenvalue weighted by Crippen LogP contribution is -2.14. The van der Waals surface area contributed by atoms with Gasteiger partial charge in [-0.25, -0.2) is 0 Å². The Morgan fingerprint density at radius 3 is 2.35 bits per heavy atom. The van der Waals surface area contributed by atoms with Gasteiger partial charge in [0.1, 0.15) is 0 Å². The van der Waals surface area contributed by atoms with Gasteiger partial charge < -0.3 is 11.1 Å². The number of nitrogens with one attached hydrogen (secondary N) is 1. The molecular weight excluding hydrogens is 386 g/mol. The van der Waals surface area contributed by atoms with Crippen molar-refractivity contribution in [1.29, 1.82) is 0 Å². The van der Waals surface area contributed by atoms with E-state index < -0.39 is 0 Å². The quantitative estimate of drug-likeness (QED) is 0.540. The summed E-state index contributed by atoms with van der Waals surface area (Å²) in [6.07, 6.45) is 0. The maximum absolute atomic E-state index is 12.2. The summed E-state index contributed by atoms with van der Waals surface area (Å²) in [5.74, 6) is -0.379. The van der Waals surface area contributed by atoms with Crippen molar-refractivity contribution in [2.45, 2.75) is 0 Å². The van der Waals surface area contributed by atoms with Crippen LogP contribution in [0.2, 0.25) is 15.1 Å². The number of nitrogens with two attached hydrogens (primary N) is 1. The summed E-state index contributed by atoms with van der Waals surface area (Å²) >= 11 is 21.0. The molecule has 0 saturated heterocycles. The molecule has 0 radical (unpaired) electrons. The molecule has 0 saturated carbocycles. The van der Waals surface area contributed by atoms with Crippen LogP contribution in [0.25, 0.3) is 0 Å². The van der Waals surface area contributed by atoms with Gasteiger partial charge in [0.05, 0.1) is 26.3 Å². The number of hydrogen-bond donors (Lipinski definition) is 2. The fourth-order valence-corrected chi connectivity index (χ4v) is 2.52. The van der Waals surface area contributed by atoms with Crippen LogP contribution < -0.4 is 11.1 Å². The van der Waals surface area contributed by atoms with Gasteiger partial charge >= 0.3 is 0 Å². The van der Waals surface area contributed by atoms with E-state index in [9.17, 15) is 4.79 Å². The summed E-state index contributed by atoms with van der Waals surface area (Å²) in [6.45, 7) is 0. The molecule has 1 amide bonds. The second-order valence-corrected chi connectivity index (χ2v) is 6.07. The van der Waals surface area contributed by atoms with Crippen LogP contribution in [0.1, 0.15) is 10.4 Å². The Bertz CT molecular complexity index is 692. The SMILES string of the molecule is Nc1cc(Br)ccc1C(=O)Nc1cc(Cl)c(Cl)cc1Cl.